The van der Waals surface area contributed by atoms with Crippen LogP contribution in [0.15, 0.2) is 22.7 Å². The van der Waals surface area contributed by atoms with Gasteiger partial charge in [-0.2, -0.15) is 0 Å². The summed E-state index contributed by atoms with van der Waals surface area (Å²) in [5, 5.41) is 0. The maximum atomic E-state index is 13.3. The molecule has 0 saturated heterocycles. The van der Waals surface area contributed by atoms with E-state index in [1.54, 1.807) is 13.0 Å². The standard InChI is InChI=1S/C12H12BrFO3/c1-2-17-12(16)7-10(15)6-8-5-9(13)3-4-11(8)14/h3-5H,2,6-7H2,1H3. The Morgan fingerprint density at radius 1 is 1.41 bits per heavy atom. The topological polar surface area (TPSA) is 43.4 Å². The molecule has 92 valence electrons. The molecule has 0 saturated carbocycles. The number of ether oxygens (including phenoxy) is 1. The first kappa shape index (κ1) is 13.8. The lowest BCUT2D eigenvalue weighted by molar-refractivity contribution is -0.145. The summed E-state index contributed by atoms with van der Waals surface area (Å²) in [6, 6.07) is 4.35. The van der Waals surface area contributed by atoms with Crippen molar-refractivity contribution < 1.29 is 18.7 Å². The van der Waals surface area contributed by atoms with Crippen molar-refractivity contribution in [1.82, 2.24) is 0 Å². The van der Waals surface area contributed by atoms with Gasteiger partial charge in [-0.1, -0.05) is 15.9 Å². The molecule has 0 heterocycles. The molecule has 17 heavy (non-hydrogen) atoms. The van der Waals surface area contributed by atoms with Gasteiger partial charge in [-0.25, -0.2) is 4.39 Å². The van der Waals surface area contributed by atoms with Crippen LogP contribution in [0.3, 0.4) is 0 Å². The van der Waals surface area contributed by atoms with Gasteiger partial charge >= 0.3 is 5.97 Å². The van der Waals surface area contributed by atoms with Gasteiger partial charge in [0.2, 0.25) is 0 Å². The molecular formula is C12H12BrFO3. The Bertz CT molecular complexity index is 432. The van der Waals surface area contributed by atoms with E-state index < -0.39 is 11.8 Å². The van der Waals surface area contributed by atoms with Gasteiger partial charge in [0, 0.05) is 10.9 Å². The third-order valence-electron chi connectivity index (χ3n) is 2.04. The smallest absolute Gasteiger partial charge is 0.313 e. The molecule has 0 aliphatic carbocycles. The van der Waals surface area contributed by atoms with Gasteiger partial charge in [0.15, 0.2) is 0 Å². The van der Waals surface area contributed by atoms with Crippen LogP contribution in [0.5, 0.6) is 0 Å². The van der Waals surface area contributed by atoms with Crippen LogP contribution >= 0.6 is 15.9 Å². The molecule has 0 aliphatic rings. The fourth-order valence-corrected chi connectivity index (χ4v) is 1.74. The number of halogens is 2. The second-order valence-electron chi connectivity index (χ2n) is 3.43. The zero-order valence-electron chi connectivity index (χ0n) is 9.33. The van der Waals surface area contributed by atoms with E-state index in [4.69, 9.17) is 0 Å². The third kappa shape index (κ3) is 4.65. The Labute approximate surface area is 107 Å². The van der Waals surface area contributed by atoms with Crippen LogP contribution in [0, 0.1) is 5.82 Å². The van der Waals surface area contributed by atoms with Crippen molar-refractivity contribution in [1.29, 1.82) is 0 Å². The second kappa shape index (κ2) is 6.49. The summed E-state index contributed by atoms with van der Waals surface area (Å²) >= 11 is 3.19. The predicted octanol–water partition coefficient (Wildman–Crippen LogP) is 2.65. The lowest BCUT2D eigenvalue weighted by Gasteiger charge is -2.04. The number of carbonyl (C=O) groups excluding carboxylic acids is 2. The molecule has 0 fully saturated rings. The summed E-state index contributed by atoms with van der Waals surface area (Å²) in [7, 11) is 0. The number of benzene rings is 1. The number of carbonyl (C=O) groups is 2. The molecule has 0 aliphatic heterocycles. The average molecular weight is 303 g/mol. The number of ketones is 1. The Balaban J connectivity index is 2.62. The minimum atomic E-state index is -0.576. The largest absolute Gasteiger partial charge is 0.466 e. The zero-order valence-corrected chi connectivity index (χ0v) is 10.9. The van der Waals surface area contributed by atoms with Crippen LogP contribution in [-0.2, 0) is 20.7 Å². The summed E-state index contributed by atoms with van der Waals surface area (Å²) in [6.07, 6.45) is -0.427. The molecule has 5 heteroatoms. The fraction of sp³-hybridized carbons (Fsp3) is 0.333. The van der Waals surface area contributed by atoms with E-state index in [2.05, 4.69) is 20.7 Å². The van der Waals surface area contributed by atoms with Gasteiger partial charge in [-0.05, 0) is 30.7 Å². The molecule has 0 radical (unpaired) electrons. The van der Waals surface area contributed by atoms with E-state index in [0.29, 0.717) is 4.47 Å². The van der Waals surface area contributed by atoms with Crippen LogP contribution in [0.4, 0.5) is 4.39 Å². The summed E-state index contributed by atoms with van der Waals surface area (Å²) in [6.45, 7) is 1.90. The van der Waals surface area contributed by atoms with E-state index in [9.17, 15) is 14.0 Å². The second-order valence-corrected chi connectivity index (χ2v) is 4.35. The molecule has 0 amide bonds. The molecule has 0 spiro atoms. The normalized spacial score (nSPS) is 10.1. The first-order valence-corrected chi connectivity index (χ1v) is 5.93. The predicted molar refractivity (Wildman–Crippen MR) is 64.1 cm³/mol. The molecule has 1 rings (SSSR count). The van der Waals surface area contributed by atoms with Crippen molar-refractivity contribution in [3.8, 4) is 0 Å². The molecule has 1 aromatic rings. The van der Waals surface area contributed by atoms with E-state index >= 15 is 0 Å². The van der Waals surface area contributed by atoms with Gasteiger partial charge in [0.05, 0.1) is 6.61 Å². The Morgan fingerprint density at radius 2 is 2.12 bits per heavy atom. The monoisotopic (exact) mass is 302 g/mol. The van der Waals surface area contributed by atoms with Crippen molar-refractivity contribution >= 4 is 27.7 Å². The van der Waals surface area contributed by atoms with Crippen LogP contribution in [0.2, 0.25) is 0 Å². The van der Waals surface area contributed by atoms with Crippen LogP contribution < -0.4 is 0 Å². The van der Waals surface area contributed by atoms with Gasteiger partial charge < -0.3 is 4.74 Å². The highest BCUT2D eigenvalue weighted by Gasteiger charge is 2.13. The Kier molecular flexibility index (Phi) is 5.28. The molecular weight excluding hydrogens is 291 g/mol. The zero-order chi connectivity index (χ0) is 12.8. The number of rotatable bonds is 5. The third-order valence-corrected chi connectivity index (χ3v) is 2.54. The van der Waals surface area contributed by atoms with Crippen molar-refractivity contribution in [3.63, 3.8) is 0 Å². The van der Waals surface area contributed by atoms with Gasteiger partial charge in [-0.3, -0.25) is 9.59 Å². The minimum Gasteiger partial charge on any atom is -0.466 e. The SMILES string of the molecule is CCOC(=O)CC(=O)Cc1cc(Br)ccc1F. The lowest BCUT2D eigenvalue weighted by Crippen LogP contribution is -2.13. The van der Waals surface area contributed by atoms with Gasteiger partial charge in [0.1, 0.15) is 18.0 Å². The van der Waals surface area contributed by atoms with Gasteiger partial charge in [0.25, 0.3) is 0 Å². The number of hydrogen-bond acceptors (Lipinski definition) is 3. The van der Waals surface area contributed by atoms with Crippen molar-refractivity contribution in [2.24, 2.45) is 0 Å². The average Bonchev–Trinajstić information content (AvgIpc) is 2.23. The van der Waals surface area contributed by atoms with Crippen molar-refractivity contribution in [2.75, 3.05) is 6.61 Å². The highest BCUT2D eigenvalue weighted by Crippen LogP contribution is 2.16. The van der Waals surface area contributed by atoms with Crippen molar-refractivity contribution in [2.45, 2.75) is 19.8 Å². The highest BCUT2D eigenvalue weighted by atomic mass is 79.9. The van der Waals surface area contributed by atoms with Crippen LogP contribution in [0.1, 0.15) is 18.9 Å². The van der Waals surface area contributed by atoms with Crippen molar-refractivity contribution in [3.05, 3.63) is 34.1 Å². The Morgan fingerprint density at radius 3 is 2.76 bits per heavy atom. The molecule has 0 unspecified atom stereocenters. The number of hydrogen-bond donors (Lipinski definition) is 0. The maximum Gasteiger partial charge on any atom is 0.313 e. The molecule has 0 N–H and O–H groups in total. The quantitative estimate of drug-likeness (QED) is 0.620. The maximum absolute atomic E-state index is 13.3. The lowest BCUT2D eigenvalue weighted by atomic mass is 10.1. The molecule has 0 atom stereocenters. The van der Waals surface area contributed by atoms with Gasteiger partial charge in [-0.15, -0.1) is 0 Å². The summed E-state index contributed by atoms with van der Waals surface area (Å²) in [5.74, 6) is -1.39. The Hall–Kier alpha value is -1.23. The number of Topliss-reactive ketones (excluding diaryl/α,β-unsaturated/α-hetero) is 1. The molecule has 1 aromatic carbocycles. The summed E-state index contributed by atoms with van der Waals surface area (Å²) < 4.78 is 18.7. The summed E-state index contributed by atoms with van der Waals surface area (Å²) in [5.41, 5.74) is 0.272. The summed E-state index contributed by atoms with van der Waals surface area (Å²) in [4.78, 5) is 22.5. The van der Waals surface area contributed by atoms with Crippen LogP contribution in [-0.4, -0.2) is 18.4 Å². The highest BCUT2D eigenvalue weighted by molar-refractivity contribution is 9.10. The van der Waals surface area contributed by atoms with E-state index in [-0.39, 0.29) is 30.8 Å². The molecule has 0 bridgehead atoms. The van der Waals surface area contributed by atoms with E-state index in [1.165, 1.54) is 12.1 Å². The van der Waals surface area contributed by atoms with Crippen LogP contribution in [0.25, 0.3) is 0 Å². The number of esters is 1. The van der Waals surface area contributed by atoms with E-state index in [1.807, 2.05) is 0 Å². The fourth-order valence-electron chi connectivity index (χ4n) is 1.33. The molecule has 0 aromatic heterocycles. The first-order valence-electron chi connectivity index (χ1n) is 5.14. The molecule has 3 nitrogen and oxygen atoms in total. The van der Waals surface area contributed by atoms with E-state index in [0.717, 1.165) is 0 Å². The first-order chi connectivity index (χ1) is 8.02. The minimum absolute atomic E-state index is 0.107.